The average Bonchev–Trinajstić information content (AvgIpc) is 2.87. The van der Waals surface area contributed by atoms with Crippen LogP contribution in [0.4, 0.5) is 4.79 Å². The standard InChI is InChI=1S/C18H13ClINO4S/c19-13-3-1-2-4-15(13)25-8-7-21-17(23)16(26-18(21)24)10-11-9-12(20)5-6-14(11)22/h1-6,9-10,22H,7-8H2/b16-10-. The van der Waals surface area contributed by atoms with Gasteiger partial charge in [0.2, 0.25) is 0 Å². The number of rotatable bonds is 5. The maximum atomic E-state index is 12.5. The van der Waals surface area contributed by atoms with Gasteiger partial charge in [0.15, 0.2) is 0 Å². The molecular formula is C18H13ClINO4S. The molecule has 1 fully saturated rings. The quantitative estimate of drug-likeness (QED) is 0.472. The van der Waals surface area contributed by atoms with Crippen LogP contribution in [0.1, 0.15) is 5.56 Å². The van der Waals surface area contributed by atoms with E-state index in [1.807, 2.05) is 0 Å². The van der Waals surface area contributed by atoms with Crippen molar-refractivity contribution in [2.75, 3.05) is 13.2 Å². The Morgan fingerprint density at radius 3 is 2.77 bits per heavy atom. The highest BCUT2D eigenvalue weighted by molar-refractivity contribution is 14.1. The van der Waals surface area contributed by atoms with Gasteiger partial charge in [0, 0.05) is 9.13 Å². The van der Waals surface area contributed by atoms with Crippen molar-refractivity contribution in [1.82, 2.24) is 4.90 Å². The zero-order valence-corrected chi connectivity index (χ0v) is 17.0. The number of thioether (sulfide) groups is 1. The number of hydrogen-bond acceptors (Lipinski definition) is 5. The van der Waals surface area contributed by atoms with E-state index in [4.69, 9.17) is 16.3 Å². The minimum absolute atomic E-state index is 0.0549. The molecule has 1 N–H and O–H groups in total. The van der Waals surface area contributed by atoms with E-state index in [9.17, 15) is 14.7 Å². The smallest absolute Gasteiger partial charge is 0.293 e. The number of nitrogens with zero attached hydrogens (tertiary/aromatic N) is 1. The fourth-order valence-corrected chi connectivity index (χ4v) is 3.85. The predicted octanol–water partition coefficient (Wildman–Crippen LogP) is 4.77. The first-order valence-corrected chi connectivity index (χ1v) is 9.84. The highest BCUT2D eigenvalue weighted by Gasteiger charge is 2.35. The number of aromatic hydroxyl groups is 1. The van der Waals surface area contributed by atoms with Crippen LogP contribution in [0, 0.1) is 3.57 Å². The summed E-state index contributed by atoms with van der Waals surface area (Å²) < 4.78 is 6.45. The maximum Gasteiger partial charge on any atom is 0.293 e. The first-order chi connectivity index (χ1) is 12.5. The van der Waals surface area contributed by atoms with Crippen molar-refractivity contribution in [3.8, 4) is 11.5 Å². The summed E-state index contributed by atoms with van der Waals surface area (Å²) in [5.74, 6) is 0.153. The Labute approximate surface area is 173 Å². The summed E-state index contributed by atoms with van der Waals surface area (Å²) in [6.07, 6.45) is 1.53. The van der Waals surface area contributed by atoms with E-state index < -0.39 is 5.91 Å². The zero-order valence-electron chi connectivity index (χ0n) is 13.3. The van der Waals surface area contributed by atoms with Gasteiger partial charge in [-0.05, 0) is 70.8 Å². The van der Waals surface area contributed by atoms with Gasteiger partial charge in [-0.1, -0.05) is 23.7 Å². The molecule has 8 heteroatoms. The van der Waals surface area contributed by atoms with Crippen LogP contribution < -0.4 is 4.74 Å². The zero-order chi connectivity index (χ0) is 18.7. The van der Waals surface area contributed by atoms with Crippen molar-refractivity contribution >= 4 is 63.2 Å². The Hall–Kier alpha value is -1.71. The average molecular weight is 502 g/mol. The third-order valence-corrected chi connectivity index (χ3v) is 5.45. The van der Waals surface area contributed by atoms with E-state index in [1.165, 1.54) is 6.08 Å². The first kappa shape index (κ1) is 19.1. The van der Waals surface area contributed by atoms with Crippen LogP contribution in [0.2, 0.25) is 5.02 Å². The number of hydrogen-bond donors (Lipinski definition) is 1. The van der Waals surface area contributed by atoms with E-state index in [1.54, 1.807) is 42.5 Å². The molecule has 0 unspecified atom stereocenters. The van der Waals surface area contributed by atoms with Crippen LogP contribution >= 0.6 is 46.0 Å². The minimum Gasteiger partial charge on any atom is -0.507 e. The molecule has 1 heterocycles. The fraction of sp³-hybridized carbons (Fsp3) is 0.111. The second-order valence-electron chi connectivity index (χ2n) is 5.32. The van der Waals surface area contributed by atoms with Gasteiger partial charge in [-0.3, -0.25) is 14.5 Å². The molecule has 0 spiro atoms. The first-order valence-electron chi connectivity index (χ1n) is 7.57. The van der Waals surface area contributed by atoms with Crippen molar-refractivity contribution in [1.29, 1.82) is 0 Å². The van der Waals surface area contributed by atoms with E-state index in [2.05, 4.69) is 22.6 Å². The molecule has 1 aliphatic heterocycles. The van der Waals surface area contributed by atoms with Gasteiger partial charge < -0.3 is 9.84 Å². The van der Waals surface area contributed by atoms with E-state index in [-0.39, 0.29) is 29.0 Å². The molecule has 2 aromatic carbocycles. The van der Waals surface area contributed by atoms with Crippen LogP contribution in [-0.2, 0) is 4.79 Å². The summed E-state index contributed by atoms with van der Waals surface area (Å²) >= 11 is 8.96. The van der Waals surface area contributed by atoms with Gasteiger partial charge in [0.05, 0.1) is 16.5 Å². The number of phenolic OH excluding ortho intramolecular Hbond substituents is 1. The molecule has 1 aliphatic rings. The van der Waals surface area contributed by atoms with Gasteiger partial charge in [-0.25, -0.2) is 0 Å². The highest BCUT2D eigenvalue weighted by Crippen LogP contribution is 2.34. The third-order valence-electron chi connectivity index (χ3n) is 3.56. The van der Waals surface area contributed by atoms with Crippen molar-refractivity contribution in [3.63, 3.8) is 0 Å². The topological polar surface area (TPSA) is 66.8 Å². The Bertz CT molecular complexity index is 903. The SMILES string of the molecule is O=C1S/C(=C\c2cc(I)ccc2O)C(=O)N1CCOc1ccccc1Cl. The summed E-state index contributed by atoms with van der Waals surface area (Å²) in [5.41, 5.74) is 0.495. The summed E-state index contributed by atoms with van der Waals surface area (Å²) in [5, 5.41) is 10.0. The van der Waals surface area contributed by atoms with Crippen molar-refractivity contribution in [3.05, 3.63) is 61.5 Å². The van der Waals surface area contributed by atoms with Gasteiger partial charge in [-0.2, -0.15) is 0 Å². The van der Waals surface area contributed by atoms with Crippen LogP contribution in [0.15, 0.2) is 47.4 Å². The van der Waals surface area contributed by atoms with Gasteiger partial charge in [0.1, 0.15) is 18.1 Å². The lowest BCUT2D eigenvalue weighted by Gasteiger charge is -2.13. The van der Waals surface area contributed by atoms with Crippen molar-refractivity contribution in [2.45, 2.75) is 0 Å². The molecule has 0 aliphatic carbocycles. The second kappa shape index (κ2) is 8.32. The summed E-state index contributed by atoms with van der Waals surface area (Å²) in [4.78, 5) is 26.0. The van der Waals surface area contributed by atoms with Crippen LogP contribution in [-0.4, -0.2) is 34.3 Å². The molecule has 26 heavy (non-hydrogen) atoms. The molecule has 3 rings (SSSR count). The Morgan fingerprint density at radius 2 is 2.00 bits per heavy atom. The molecule has 0 radical (unpaired) electrons. The normalized spacial score (nSPS) is 15.8. The Kier molecular flexibility index (Phi) is 6.10. The number of imide groups is 1. The number of benzene rings is 2. The predicted molar refractivity (Wildman–Crippen MR) is 110 cm³/mol. The fourth-order valence-electron chi connectivity index (χ4n) is 2.28. The van der Waals surface area contributed by atoms with Crippen molar-refractivity contribution in [2.24, 2.45) is 0 Å². The lowest BCUT2D eigenvalue weighted by atomic mass is 10.2. The lowest BCUT2D eigenvalue weighted by Crippen LogP contribution is -2.32. The molecular weight excluding hydrogens is 489 g/mol. The monoisotopic (exact) mass is 501 g/mol. The minimum atomic E-state index is -0.402. The number of halogens is 2. The number of amides is 2. The molecule has 2 aromatic rings. The van der Waals surface area contributed by atoms with E-state index in [0.29, 0.717) is 16.3 Å². The van der Waals surface area contributed by atoms with Crippen LogP contribution in [0.3, 0.4) is 0 Å². The van der Waals surface area contributed by atoms with Crippen LogP contribution in [0.5, 0.6) is 11.5 Å². The largest absolute Gasteiger partial charge is 0.507 e. The van der Waals surface area contributed by atoms with Crippen molar-refractivity contribution < 1.29 is 19.4 Å². The lowest BCUT2D eigenvalue weighted by molar-refractivity contribution is -0.123. The highest BCUT2D eigenvalue weighted by atomic mass is 127. The second-order valence-corrected chi connectivity index (χ2v) is 7.96. The number of carbonyl (C=O) groups is 2. The maximum absolute atomic E-state index is 12.5. The number of para-hydroxylation sites is 1. The molecule has 0 saturated carbocycles. The van der Waals surface area contributed by atoms with Gasteiger partial charge in [-0.15, -0.1) is 0 Å². The molecule has 2 amide bonds. The summed E-state index contributed by atoms with van der Waals surface area (Å²) in [6, 6.07) is 12.0. The van der Waals surface area contributed by atoms with Gasteiger partial charge >= 0.3 is 0 Å². The molecule has 1 saturated heterocycles. The summed E-state index contributed by atoms with van der Waals surface area (Å²) in [6.45, 7) is 0.259. The number of carbonyl (C=O) groups excluding carboxylic acids is 2. The molecule has 0 aromatic heterocycles. The summed E-state index contributed by atoms with van der Waals surface area (Å²) in [7, 11) is 0. The van der Waals surface area contributed by atoms with E-state index in [0.717, 1.165) is 20.2 Å². The number of ether oxygens (including phenoxy) is 1. The van der Waals surface area contributed by atoms with Crippen LogP contribution in [0.25, 0.3) is 6.08 Å². The van der Waals surface area contributed by atoms with E-state index >= 15 is 0 Å². The third kappa shape index (κ3) is 4.33. The molecule has 0 bridgehead atoms. The Balaban J connectivity index is 1.68. The van der Waals surface area contributed by atoms with Gasteiger partial charge in [0.25, 0.3) is 11.1 Å². The number of phenols is 1. The Morgan fingerprint density at radius 1 is 1.23 bits per heavy atom. The molecule has 5 nitrogen and oxygen atoms in total. The molecule has 134 valence electrons. The molecule has 0 atom stereocenters.